The normalized spacial score (nSPS) is 10.1. The van der Waals surface area contributed by atoms with Crippen LogP contribution in [0.4, 0.5) is 0 Å². The van der Waals surface area contributed by atoms with Gasteiger partial charge in [-0.05, 0) is 0 Å². The molecule has 0 spiro atoms. The van der Waals surface area contributed by atoms with Gasteiger partial charge < -0.3 is 14.2 Å². The Balaban J connectivity index is 0. The minimum atomic E-state index is -0.926. The van der Waals surface area contributed by atoms with Crippen molar-refractivity contribution in [2.45, 2.75) is 6.29 Å². The lowest BCUT2D eigenvalue weighted by Crippen LogP contribution is -2.25. The Bertz CT molecular complexity index is 247. The van der Waals surface area contributed by atoms with Crippen LogP contribution in [0, 0.1) is 0 Å². The third kappa shape index (κ3) is 8.71. The number of hydrogen-bond donors (Lipinski definition) is 0. The molecule has 5 heteroatoms. The molecule has 0 heterocycles. The Hall–Kier alpha value is -1.88. The highest BCUT2D eigenvalue weighted by molar-refractivity contribution is 5.82. The van der Waals surface area contributed by atoms with Gasteiger partial charge in [0.15, 0.2) is 6.61 Å². The highest BCUT2D eigenvalue weighted by Crippen LogP contribution is 1.96. The van der Waals surface area contributed by atoms with E-state index in [1.165, 1.54) is 7.11 Å². The first-order chi connectivity index (χ1) is 7.63. The largest absolute Gasteiger partial charge is 0.456 e. The van der Waals surface area contributed by atoms with Gasteiger partial charge in [0.05, 0.1) is 0 Å². The summed E-state index contributed by atoms with van der Waals surface area (Å²) in [5.74, 6) is -1.26. The van der Waals surface area contributed by atoms with Crippen LogP contribution in [-0.4, -0.2) is 31.9 Å². The predicted molar refractivity (Wildman–Crippen MR) is 59.5 cm³/mol. The Morgan fingerprint density at radius 2 is 1.69 bits per heavy atom. The minimum absolute atomic E-state index is 0.180. The lowest BCUT2D eigenvalue weighted by atomic mass is 10.6. The lowest BCUT2D eigenvalue weighted by molar-refractivity contribution is -0.182. The molecule has 0 bridgehead atoms. The van der Waals surface area contributed by atoms with Crippen LogP contribution in [0.15, 0.2) is 38.5 Å². The van der Waals surface area contributed by atoms with E-state index in [-0.39, 0.29) is 6.61 Å². The summed E-state index contributed by atoms with van der Waals surface area (Å²) in [4.78, 5) is 21.3. The fourth-order valence-corrected chi connectivity index (χ4v) is 0.537. The number of methoxy groups -OCH3 is 1. The van der Waals surface area contributed by atoms with Gasteiger partial charge in [0.1, 0.15) is 0 Å². The van der Waals surface area contributed by atoms with Crippen molar-refractivity contribution in [2.24, 2.45) is 0 Å². The third-order valence-electron chi connectivity index (χ3n) is 1.21. The molecule has 16 heavy (non-hydrogen) atoms. The highest BCUT2D eigenvalue weighted by atomic mass is 16.7. The minimum Gasteiger partial charge on any atom is -0.456 e. The van der Waals surface area contributed by atoms with Crippen molar-refractivity contribution >= 4 is 11.9 Å². The van der Waals surface area contributed by atoms with Gasteiger partial charge in [0, 0.05) is 19.3 Å². The van der Waals surface area contributed by atoms with Crippen molar-refractivity contribution in [1.82, 2.24) is 0 Å². The molecule has 1 atom stereocenters. The van der Waals surface area contributed by atoms with Crippen LogP contribution >= 0.6 is 0 Å². The van der Waals surface area contributed by atoms with Gasteiger partial charge in [-0.25, -0.2) is 9.59 Å². The van der Waals surface area contributed by atoms with E-state index in [9.17, 15) is 9.59 Å². The van der Waals surface area contributed by atoms with Crippen LogP contribution in [0.1, 0.15) is 0 Å². The molecule has 0 aliphatic heterocycles. The zero-order valence-corrected chi connectivity index (χ0v) is 9.31. The molecule has 0 N–H and O–H groups in total. The number of rotatable bonds is 6. The predicted octanol–water partition coefficient (Wildman–Crippen LogP) is 1.22. The molecule has 5 nitrogen and oxygen atoms in total. The molecule has 1 unspecified atom stereocenters. The smallest absolute Gasteiger partial charge is 0.332 e. The summed E-state index contributed by atoms with van der Waals surface area (Å²) in [6.45, 7) is 12.2. The van der Waals surface area contributed by atoms with Gasteiger partial charge in [-0.2, -0.15) is 0 Å². The summed E-state index contributed by atoms with van der Waals surface area (Å²) in [6, 6.07) is 0. The molecule has 0 radical (unpaired) electrons. The molecular formula is C11H16O5. The topological polar surface area (TPSA) is 61.8 Å². The Morgan fingerprint density at radius 1 is 1.19 bits per heavy atom. The van der Waals surface area contributed by atoms with E-state index in [4.69, 9.17) is 4.74 Å². The molecule has 0 saturated heterocycles. The quantitative estimate of drug-likeness (QED) is 0.296. The molecule has 90 valence electrons. The molecule has 0 aliphatic carbocycles. The Kier molecular flexibility index (Phi) is 11.6. The van der Waals surface area contributed by atoms with Gasteiger partial charge >= 0.3 is 11.9 Å². The molecular weight excluding hydrogens is 212 g/mol. The fraction of sp³-hybridized carbons (Fsp3) is 0.273. The van der Waals surface area contributed by atoms with Crippen molar-refractivity contribution in [1.29, 1.82) is 0 Å². The van der Waals surface area contributed by atoms with Gasteiger partial charge in [-0.15, -0.1) is 13.2 Å². The molecule has 0 aliphatic rings. The van der Waals surface area contributed by atoms with E-state index in [1.807, 2.05) is 0 Å². The fourth-order valence-electron chi connectivity index (χ4n) is 0.537. The molecule has 0 aromatic rings. The van der Waals surface area contributed by atoms with Crippen molar-refractivity contribution in [3.63, 3.8) is 0 Å². The summed E-state index contributed by atoms with van der Waals surface area (Å²) < 4.78 is 14.0. The maximum absolute atomic E-state index is 10.7. The molecule has 0 fully saturated rings. The highest BCUT2D eigenvalue weighted by Gasteiger charge is 2.12. The molecule has 0 saturated carbocycles. The monoisotopic (exact) mass is 228 g/mol. The maximum Gasteiger partial charge on any atom is 0.332 e. The average molecular weight is 228 g/mol. The summed E-state index contributed by atoms with van der Waals surface area (Å²) in [5, 5.41) is 0. The number of esters is 2. The van der Waals surface area contributed by atoms with E-state index in [2.05, 4.69) is 35.8 Å². The zero-order chi connectivity index (χ0) is 13.0. The second-order valence-corrected chi connectivity index (χ2v) is 2.14. The first kappa shape index (κ1) is 16.5. The second-order valence-electron chi connectivity index (χ2n) is 2.14. The maximum atomic E-state index is 10.7. The van der Waals surface area contributed by atoms with E-state index >= 15 is 0 Å². The molecule has 0 aromatic heterocycles. The first-order valence-electron chi connectivity index (χ1n) is 4.29. The van der Waals surface area contributed by atoms with Gasteiger partial charge in [0.25, 0.3) is 0 Å². The van der Waals surface area contributed by atoms with Crippen molar-refractivity contribution < 1.29 is 23.8 Å². The third-order valence-corrected chi connectivity index (χ3v) is 1.21. The van der Waals surface area contributed by atoms with Gasteiger partial charge in [-0.1, -0.05) is 13.2 Å². The Labute approximate surface area is 95.0 Å². The van der Waals surface area contributed by atoms with E-state index in [0.717, 1.165) is 12.2 Å². The number of carbonyl (C=O) groups excluding carboxylic acids is 2. The molecule has 0 amide bonds. The van der Waals surface area contributed by atoms with Gasteiger partial charge in [0.2, 0.25) is 6.29 Å². The first-order valence-corrected chi connectivity index (χ1v) is 4.29. The number of carbonyl (C=O) groups is 2. The average Bonchev–Trinajstić information content (AvgIpc) is 2.35. The number of hydrogen-bond acceptors (Lipinski definition) is 5. The SMILES string of the molecule is C=C.C=CC(=O)OCC(OC)OC(=O)C=C. The van der Waals surface area contributed by atoms with E-state index in [1.54, 1.807) is 0 Å². The van der Waals surface area contributed by atoms with Crippen LogP contribution in [-0.2, 0) is 23.8 Å². The molecule has 0 rings (SSSR count). The number of ether oxygens (including phenoxy) is 3. The summed E-state index contributed by atoms with van der Waals surface area (Å²) in [5.41, 5.74) is 0. The van der Waals surface area contributed by atoms with Crippen LogP contribution in [0.25, 0.3) is 0 Å². The van der Waals surface area contributed by atoms with Gasteiger partial charge in [-0.3, -0.25) is 0 Å². The summed E-state index contributed by atoms with van der Waals surface area (Å²) in [6.07, 6.45) is 1.06. The van der Waals surface area contributed by atoms with Crippen molar-refractivity contribution in [2.75, 3.05) is 13.7 Å². The van der Waals surface area contributed by atoms with E-state index < -0.39 is 18.2 Å². The van der Waals surface area contributed by atoms with Crippen LogP contribution in [0.5, 0.6) is 0 Å². The standard InChI is InChI=1S/C9H12O5.C2H4/c1-4-7(10)13-6-9(12-3)14-8(11)5-2;1-2/h4-5,9H,1-2,6H2,3H3;1-2H2. The van der Waals surface area contributed by atoms with Crippen LogP contribution < -0.4 is 0 Å². The second kappa shape index (κ2) is 11.2. The Morgan fingerprint density at radius 3 is 2.06 bits per heavy atom. The van der Waals surface area contributed by atoms with Crippen LogP contribution in [0.2, 0.25) is 0 Å². The van der Waals surface area contributed by atoms with Crippen LogP contribution in [0.3, 0.4) is 0 Å². The van der Waals surface area contributed by atoms with Crippen molar-refractivity contribution in [3.05, 3.63) is 38.5 Å². The zero-order valence-electron chi connectivity index (χ0n) is 9.31. The summed E-state index contributed by atoms with van der Waals surface area (Å²) in [7, 11) is 1.32. The van der Waals surface area contributed by atoms with Crippen molar-refractivity contribution in [3.8, 4) is 0 Å². The molecule has 0 aromatic carbocycles. The lowest BCUT2D eigenvalue weighted by Gasteiger charge is -2.14. The van der Waals surface area contributed by atoms with E-state index in [0.29, 0.717) is 0 Å². The summed E-state index contributed by atoms with van der Waals surface area (Å²) >= 11 is 0.